The molecule has 0 aliphatic heterocycles. The van der Waals surface area contributed by atoms with E-state index in [-0.39, 0.29) is 12.3 Å². The van der Waals surface area contributed by atoms with Gasteiger partial charge in [0, 0.05) is 24.1 Å². The van der Waals surface area contributed by atoms with Gasteiger partial charge in [0.15, 0.2) is 0 Å². The molecule has 0 saturated carbocycles. The van der Waals surface area contributed by atoms with Gasteiger partial charge in [-0.3, -0.25) is 4.79 Å². The van der Waals surface area contributed by atoms with Crippen molar-refractivity contribution in [1.29, 1.82) is 0 Å². The average Bonchev–Trinajstić information content (AvgIpc) is 2.61. The molecule has 0 saturated heterocycles. The zero-order valence-corrected chi connectivity index (χ0v) is 9.81. The van der Waals surface area contributed by atoms with Gasteiger partial charge in [0.25, 0.3) is 0 Å². The third kappa shape index (κ3) is 1.54. The summed E-state index contributed by atoms with van der Waals surface area (Å²) in [6.45, 7) is 0. The molecule has 1 N–H and O–H groups in total. The highest BCUT2D eigenvalue weighted by molar-refractivity contribution is 5.89. The molecule has 1 unspecified atom stereocenters. The van der Waals surface area contributed by atoms with E-state index in [0.717, 1.165) is 12.8 Å². The highest BCUT2D eigenvalue weighted by Crippen LogP contribution is 2.38. The summed E-state index contributed by atoms with van der Waals surface area (Å²) < 4.78 is 2.14. The minimum atomic E-state index is -0.702. The summed E-state index contributed by atoms with van der Waals surface area (Å²) in [5.74, 6) is -0.530. The Morgan fingerprint density at radius 1 is 1.53 bits per heavy atom. The van der Waals surface area contributed by atoms with E-state index in [4.69, 9.17) is 5.11 Å². The Kier molecular flexibility index (Phi) is 2.21. The molecule has 1 heterocycles. The van der Waals surface area contributed by atoms with E-state index in [1.807, 2.05) is 13.1 Å². The van der Waals surface area contributed by atoms with Gasteiger partial charge in [0.2, 0.25) is 0 Å². The summed E-state index contributed by atoms with van der Waals surface area (Å²) in [7, 11) is 2.05. The third-order valence-corrected chi connectivity index (χ3v) is 3.75. The molecule has 3 heteroatoms. The second-order valence-electron chi connectivity index (χ2n) is 4.84. The number of rotatable bonds is 2. The Bertz CT molecular complexity index is 598. The fraction of sp³-hybridized carbons (Fsp3) is 0.357. The lowest BCUT2D eigenvalue weighted by molar-refractivity contribution is -0.137. The number of aryl methyl sites for hydroxylation is 2. The molecule has 0 radical (unpaired) electrons. The summed E-state index contributed by atoms with van der Waals surface area (Å²) in [5, 5.41) is 10.3. The normalized spacial score (nSPS) is 18.5. The lowest BCUT2D eigenvalue weighted by Gasteiger charge is -2.21. The van der Waals surface area contributed by atoms with Crippen molar-refractivity contribution in [3.05, 3.63) is 35.5 Å². The van der Waals surface area contributed by atoms with Crippen LogP contribution in [0.25, 0.3) is 10.9 Å². The van der Waals surface area contributed by atoms with E-state index < -0.39 is 5.97 Å². The Hall–Kier alpha value is -1.77. The van der Waals surface area contributed by atoms with Crippen molar-refractivity contribution in [3.63, 3.8) is 0 Å². The number of hydrogen-bond acceptors (Lipinski definition) is 1. The van der Waals surface area contributed by atoms with Crippen LogP contribution in [0.4, 0.5) is 0 Å². The van der Waals surface area contributed by atoms with Crippen molar-refractivity contribution in [2.45, 2.75) is 25.2 Å². The molecule has 0 bridgehead atoms. The molecule has 1 aromatic heterocycles. The van der Waals surface area contributed by atoms with Gasteiger partial charge < -0.3 is 9.67 Å². The van der Waals surface area contributed by atoms with Gasteiger partial charge in [-0.05, 0) is 36.0 Å². The van der Waals surface area contributed by atoms with Crippen LogP contribution in [0.5, 0.6) is 0 Å². The molecular formula is C14H15NO2. The first kappa shape index (κ1) is 10.4. The number of aliphatic carboxylic acids is 1. The first-order valence-electron chi connectivity index (χ1n) is 5.95. The van der Waals surface area contributed by atoms with E-state index in [9.17, 15) is 4.79 Å². The number of nitrogens with zero attached hydrogens (tertiary/aromatic N) is 1. The second-order valence-corrected chi connectivity index (χ2v) is 4.84. The van der Waals surface area contributed by atoms with Crippen LogP contribution in [-0.2, 0) is 18.3 Å². The molecule has 3 nitrogen and oxygen atoms in total. The van der Waals surface area contributed by atoms with Gasteiger partial charge in [-0.15, -0.1) is 0 Å². The first-order chi connectivity index (χ1) is 8.16. The van der Waals surface area contributed by atoms with Gasteiger partial charge in [-0.25, -0.2) is 0 Å². The van der Waals surface area contributed by atoms with E-state index >= 15 is 0 Å². The highest BCUT2D eigenvalue weighted by Gasteiger charge is 2.24. The van der Waals surface area contributed by atoms with Crippen molar-refractivity contribution < 1.29 is 9.90 Å². The molecule has 1 aliphatic carbocycles. The zero-order chi connectivity index (χ0) is 12.0. The zero-order valence-electron chi connectivity index (χ0n) is 9.81. The van der Waals surface area contributed by atoms with Gasteiger partial charge in [-0.1, -0.05) is 12.1 Å². The number of carboxylic acids is 1. The quantitative estimate of drug-likeness (QED) is 0.860. The van der Waals surface area contributed by atoms with Crippen LogP contribution >= 0.6 is 0 Å². The summed E-state index contributed by atoms with van der Waals surface area (Å²) >= 11 is 0. The minimum Gasteiger partial charge on any atom is -0.481 e. The highest BCUT2D eigenvalue weighted by atomic mass is 16.4. The number of benzene rings is 1. The lowest BCUT2D eigenvalue weighted by Crippen LogP contribution is -2.11. The summed E-state index contributed by atoms with van der Waals surface area (Å²) in [5.41, 5.74) is 3.79. The average molecular weight is 229 g/mol. The SMILES string of the molecule is Cn1cc2c3c(cccc31)C(CC(=O)O)CC2. The molecule has 0 fully saturated rings. The van der Waals surface area contributed by atoms with E-state index in [1.165, 1.54) is 22.0 Å². The smallest absolute Gasteiger partial charge is 0.303 e. The standard InChI is InChI=1S/C14H15NO2/c1-15-8-10-6-5-9(7-13(16)17)11-3-2-4-12(15)14(10)11/h2-4,8-9H,5-7H2,1H3,(H,16,17). The number of aromatic nitrogens is 1. The molecule has 1 atom stereocenters. The molecule has 1 aromatic carbocycles. The Morgan fingerprint density at radius 2 is 2.35 bits per heavy atom. The minimum absolute atomic E-state index is 0.172. The second kappa shape index (κ2) is 3.62. The van der Waals surface area contributed by atoms with Crippen LogP contribution in [0.15, 0.2) is 24.4 Å². The van der Waals surface area contributed by atoms with E-state index in [0.29, 0.717) is 0 Å². The predicted molar refractivity (Wildman–Crippen MR) is 66.2 cm³/mol. The van der Waals surface area contributed by atoms with Crippen molar-refractivity contribution in [2.24, 2.45) is 7.05 Å². The lowest BCUT2D eigenvalue weighted by atomic mass is 9.82. The molecule has 1 aliphatic rings. The van der Waals surface area contributed by atoms with Gasteiger partial charge in [0.05, 0.1) is 6.42 Å². The fourth-order valence-electron chi connectivity index (χ4n) is 3.01. The maximum atomic E-state index is 10.9. The van der Waals surface area contributed by atoms with Gasteiger partial charge >= 0.3 is 5.97 Å². The van der Waals surface area contributed by atoms with Crippen LogP contribution in [0.1, 0.15) is 29.9 Å². The topological polar surface area (TPSA) is 42.2 Å². The fourth-order valence-corrected chi connectivity index (χ4v) is 3.01. The van der Waals surface area contributed by atoms with Crippen molar-refractivity contribution in [2.75, 3.05) is 0 Å². The van der Waals surface area contributed by atoms with E-state index in [1.54, 1.807) is 0 Å². The van der Waals surface area contributed by atoms with Crippen molar-refractivity contribution in [3.8, 4) is 0 Å². The predicted octanol–water partition coefficient (Wildman–Crippen LogP) is 2.68. The Balaban J connectivity index is 2.19. The molecular weight excluding hydrogens is 214 g/mol. The number of carbonyl (C=O) groups is 1. The maximum Gasteiger partial charge on any atom is 0.303 e. The molecule has 0 spiro atoms. The molecule has 2 aromatic rings. The largest absolute Gasteiger partial charge is 0.481 e. The van der Waals surface area contributed by atoms with Gasteiger partial charge in [-0.2, -0.15) is 0 Å². The Labute approximate surface area is 99.7 Å². The van der Waals surface area contributed by atoms with Crippen molar-refractivity contribution in [1.82, 2.24) is 4.57 Å². The van der Waals surface area contributed by atoms with Crippen LogP contribution in [0.2, 0.25) is 0 Å². The summed E-state index contributed by atoms with van der Waals surface area (Å²) in [4.78, 5) is 10.9. The van der Waals surface area contributed by atoms with E-state index in [2.05, 4.69) is 22.9 Å². The summed E-state index contributed by atoms with van der Waals surface area (Å²) in [6, 6.07) is 6.21. The molecule has 3 rings (SSSR count). The number of hydrogen-bond donors (Lipinski definition) is 1. The maximum absolute atomic E-state index is 10.9. The van der Waals surface area contributed by atoms with Crippen LogP contribution in [-0.4, -0.2) is 15.6 Å². The number of carboxylic acid groups (broad SMARTS) is 1. The summed E-state index contributed by atoms with van der Waals surface area (Å²) in [6.07, 6.45) is 4.35. The molecule has 88 valence electrons. The van der Waals surface area contributed by atoms with Crippen LogP contribution in [0.3, 0.4) is 0 Å². The monoisotopic (exact) mass is 229 g/mol. The third-order valence-electron chi connectivity index (χ3n) is 3.75. The van der Waals surface area contributed by atoms with Gasteiger partial charge in [0.1, 0.15) is 0 Å². The molecule has 0 amide bonds. The Morgan fingerprint density at radius 3 is 3.12 bits per heavy atom. The van der Waals surface area contributed by atoms with Crippen LogP contribution in [0, 0.1) is 0 Å². The van der Waals surface area contributed by atoms with Crippen molar-refractivity contribution >= 4 is 16.9 Å². The first-order valence-corrected chi connectivity index (χ1v) is 5.95. The van der Waals surface area contributed by atoms with Crippen LogP contribution < -0.4 is 0 Å². The molecule has 17 heavy (non-hydrogen) atoms.